The van der Waals surface area contributed by atoms with Crippen molar-refractivity contribution in [3.05, 3.63) is 30.3 Å². The lowest BCUT2D eigenvalue weighted by Gasteiger charge is -2.28. The minimum atomic E-state index is -0.238. The van der Waals surface area contributed by atoms with Gasteiger partial charge in [0.15, 0.2) is 5.16 Å². The largest absolute Gasteiger partial charge is 0.353 e. The van der Waals surface area contributed by atoms with Crippen molar-refractivity contribution in [2.45, 2.75) is 56.5 Å². The highest BCUT2D eigenvalue weighted by molar-refractivity contribution is 8.00. The number of benzene rings is 1. The second-order valence-corrected chi connectivity index (χ2v) is 8.23. The standard InChI is InChI=1S/C19H27N5OS/c1-14(2)20-17(25)15(3)26-19-22-21-18(23-12-8-5-9-13-23)24(19)16-10-6-4-7-11-16/h4,6-7,10-11,14-15H,5,8-9,12-13H2,1-3H3,(H,20,25)/t15-/m0/s1. The van der Waals surface area contributed by atoms with Crippen molar-refractivity contribution in [3.8, 4) is 5.69 Å². The number of anilines is 1. The maximum absolute atomic E-state index is 12.3. The van der Waals surface area contributed by atoms with E-state index in [1.54, 1.807) is 0 Å². The molecule has 1 fully saturated rings. The predicted octanol–water partition coefficient (Wildman–Crippen LogP) is 3.26. The lowest BCUT2D eigenvalue weighted by molar-refractivity contribution is -0.120. The first-order valence-corrected chi connectivity index (χ1v) is 10.2. The molecule has 0 bridgehead atoms. The van der Waals surface area contributed by atoms with E-state index in [1.807, 2.05) is 39.0 Å². The Morgan fingerprint density at radius 2 is 1.77 bits per heavy atom. The third-order valence-corrected chi connectivity index (χ3v) is 5.39. The molecule has 7 heteroatoms. The SMILES string of the molecule is CC(C)NC(=O)[C@H](C)Sc1nnc(N2CCCCC2)n1-c1ccccc1. The molecule has 0 unspecified atom stereocenters. The average Bonchev–Trinajstić information content (AvgIpc) is 3.06. The molecule has 1 aliphatic heterocycles. The van der Waals surface area contributed by atoms with Gasteiger partial charge in [0.05, 0.1) is 10.9 Å². The van der Waals surface area contributed by atoms with E-state index in [9.17, 15) is 4.79 Å². The molecule has 0 spiro atoms. The Labute approximate surface area is 159 Å². The number of rotatable bonds is 6. The number of para-hydroxylation sites is 1. The van der Waals surface area contributed by atoms with Gasteiger partial charge in [-0.2, -0.15) is 0 Å². The molecule has 2 aromatic rings. The van der Waals surface area contributed by atoms with Crippen molar-refractivity contribution in [1.82, 2.24) is 20.1 Å². The molecule has 1 aromatic carbocycles. The second-order valence-electron chi connectivity index (χ2n) is 6.92. The molecule has 140 valence electrons. The molecule has 0 radical (unpaired) electrons. The molecule has 3 rings (SSSR count). The normalized spacial score (nSPS) is 15.9. The van der Waals surface area contributed by atoms with Crippen LogP contribution in [-0.2, 0) is 4.79 Å². The highest BCUT2D eigenvalue weighted by Crippen LogP contribution is 2.30. The molecular formula is C19H27N5OS. The van der Waals surface area contributed by atoms with E-state index in [0.717, 1.165) is 29.9 Å². The fourth-order valence-corrected chi connectivity index (χ4v) is 3.93. The lowest BCUT2D eigenvalue weighted by atomic mass is 10.1. The van der Waals surface area contributed by atoms with E-state index in [2.05, 4.69) is 37.1 Å². The number of carbonyl (C=O) groups excluding carboxylic acids is 1. The molecule has 1 N–H and O–H groups in total. The highest BCUT2D eigenvalue weighted by atomic mass is 32.2. The van der Waals surface area contributed by atoms with Gasteiger partial charge in [-0.15, -0.1) is 10.2 Å². The van der Waals surface area contributed by atoms with Crippen molar-refractivity contribution in [2.24, 2.45) is 0 Å². The Balaban J connectivity index is 1.90. The fourth-order valence-electron chi connectivity index (χ4n) is 3.05. The summed E-state index contributed by atoms with van der Waals surface area (Å²) in [6.45, 7) is 7.84. The Morgan fingerprint density at radius 3 is 2.42 bits per heavy atom. The molecule has 0 aliphatic carbocycles. The number of thioether (sulfide) groups is 1. The van der Waals surface area contributed by atoms with Gasteiger partial charge in [-0.3, -0.25) is 9.36 Å². The maximum Gasteiger partial charge on any atom is 0.233 e. The van der Waals surface area contributed by atoms with Crippen molar-refractivity contribution in [1.29, 1.82) is 0 Å². The number of aromatic nitrogens is 3. The van der Waals surface area contributed by atoms with Crippen molar-refractivity contribution >= 4 is 23.6 Å². The number of piperidine rings is 1. The molecule has 1 atom stereocenters. The third kappa shape index (κ3) is 4.38. The van der Waals surface area contributed by atoms with Crippen molar-refractivity contribution in [3.63, 3.8) is 0 Å². The summed E-state index contributed by atoms with van der Waals surface area (Å²) in [6, 6.07) is 10.3. The van der Waals surface area contributed by atoms with Gasteiger partial charge in [0.25, 0.3) is 0 Å². The average molecular weight is 374 g/mol. The van der Waals surface area contributed by atoms with E-state index in [0.29, 0.717) is 0 Å². The number of carbonyl (C=O) groups is 1. The topological polar surface area (TPSA) is 63.1 Å². The third-order valence-electron chi connectivity index (χ3n) is 4.35. The first kappa shape index (κ1) is 18.8. The van der Waals surface area contributed by atoms with Gasteiger partial charge in [-0.25, -0.2) is 0 Å². The summed E-state index contributed by atoms with van der Waals surface area (Å²) >= 11 is 1.45. The lowest BCUT2D eigenvalue weighted by Crippen LogP contribution is -2.36. The summed E-state index contributed by atoms with van der Waals surface area (Å²) in [7, 11) is 0. The Hall–Kier alpha value is -2.02. The number of hydrogen-bond acceptors (Lipinski definition) is 5. The van der Waals surface area contributed by atoms with E-state index < -0.39 is 0 Å². The maximum atomic E-state index is 12.3. The van der Waals surface area contributed by atoms with E-state index in [1.165, 1.54) is 31.0 Å². The smallest absolute Gasteiger partial charge is 0.233 e. The Morgan fingerprint density at radius 1 is 1.08 bits per heavy atom. The highest BCUT2D eigenvalue weighted by Gasteiger charge is 2.24. The van der Waals surface area contributed by atoms with E-state index >= 15 is 0 Å². The van der Waals surface area contributed by atoms with Crippen LogP contribution in [0.5, 0.6) is 0 Å². The second kappa shape index (κ2) is 8.58. The zero-order chi connectivity index (χ0) is 18.5. The van der Waals surface area contributed by atoms with E-state index in [-0.39, 0.29) is 17.2 Å². The summed E-state index contributed by atoms with van der Waals surface area (Å²) in [4.78, 5) is 14.6. The fraction of sp³-hybridized carbons (Fsp3) is 0.526. The van der Waals surface area contributed by atoms with Crippen LogP contribution < -0.4 is 10.2 Å². The Kier molecular flexibility index (Phi) is 6.19. The van der Waals surface area contributed by atoms with Crippen LogP contribution in [-0.4, -0.2) is 45.1 Å². The van der Waals surface area contributed by atoms with Crippen LogP contribution in [0.4, 0.5) is 5.95 Å². The quantitative estimate of drug-likeness (QED) is 0.788. The van der Waals surface area contributed by atoms with Crippen LogP contribution >= 0.6 is 11.8 Å². The summed E-state index contributed by atoms with van der Waals surface area (Å²) < 4.78 is 2.08. The van der Waals surface area contributed by atoms with Crippen LogP contribution in [0.2, 0.25) is 0 Å². The molecule has 1 aliphatic rings. The van der Waals surface area contributed by atoms with Crippen LogP contribution in [0.3, 0.4) is 0 Å². The van der Waals surface area contributed by atoms with Crippen LogP contribution in [0, 0.1) is 0 Å². The molecule has 1 saturated heterocycles. The van der Waals surface area contributed by atoms with Crippen LogP contribution in [0.1, 0.15) is 40.0 Å². The number of nitrogens with zero attached hydrogens (tertiary/aromatic N) is 4. The van der Waals surface area contributed by atoms with Crippen molar-refractivity contribution in [2.75, 3.05) is 18.0 Å². The molecular weight excluding hydrogens is 346 g/mol. The molecule has 1 amide bonds. The van der Waals surface area contributed by atoms with Crippen LogP contribution in [0.15, 0.2) is 35.5 Å². The predicted molar refractivity (Wildman–Crippen MR) is 106 cm³/mol. The molecule has 6 nitrogen and oxygen atoms in total. The summed E-state index contributed by atoms with van der Waals surface area (Å²) in [6.07, 6.45) is 3.62. The van der Waals surface area contributed by atoms with Gasteiger partial charge in [0.1, 0.15) is 0 Å². The van der Waals surface area contributed by atoms with Crippen LogP contribution in [0.25, 0.3) is 5.69 Å². The molecule has 0 saturated carbocycles. The summed E-state index contributed by atoms with van der Waals surface area (Å²) in [5.74, 6) is 0.891. The number of nitrogens with one attached hydrogen (secondary N) is 1. The molecule has 2 heterocycles. The minimum absolute atomic E-state index is 0.0205. The monoisotopic (exact) mass is 373 g/mol. The zero-order valence-electron chi connectivity index (χ0n) is 15.7. The van der Waals surface area contributed by atoms with Gasteiger partial charge in [0.2, 0.25) is 11.9 Å². The molecule has 26 heavy (non-hydrogen) atoms. The Bertz CT molecular complexity index is 725. The van der Waals surface area contributed by atoms with Gasteiger partial charge >= 0.3 is 0 Å². The van der Waals surface area contributed by atoms with Gasteiger partial charge in [-0.05, 0) is 52.2 Å². The first-order chi connectivity index (χ1) is 12.6. The summed E-state index contributed by atoms with van der Waals surface area (Å²) in [5, 5.41) is 12.4. The minimum Gasteiger partial charge on any atom is -0.353 e. The van der Waals surface area contributed by atoms with Gasteiger partial charge in [0, 0.05) is 19.1 Å². The zero-order valence-corrected chi connectivity index (χ0v) is 16.5. The first-order valence-electron chi connectivity index (χ1n) is 9.29. The molecule has 1 aromatic heterocycles. The van der Waals surface area contributed by atoms with E-state index in [4.69, 9.17) is 0 Å². The number of hydrogen-bond donors (Lipinski definition) is 1. The van der Waals surface area contributed by atoms with Crippen molar-refractivity contribution < 1.29 is 4.79 Å². The van der Waals surface area contributed by atoms with Gasteiger partial charge < -0.3 is 10.2 Å². The number of amides is 1. The van der Waals surface area contributed by atoms with Gasteiger partial charge in [-0.1, -0.05) is 30.0 Å². The summed E-state index contributed by atoms with van der Waals surface area (Å²) in [5.41, 5.74) is 1.03.